The fraction of sp³-hybridized carbons (Fsp3) is 0.714. The Balaban J connectivity index is 2.39. The lowest BCUT2D eigenvalue weighted by molar-refractivity contribution is -0.117. The molecule has 8 heteroatoms. The summed E-state index contributed by atoms with van der Waals surface area (Å²) in [4.78, 5) is 10.5. The van der Waals surface area contributed by atoms with Crippen LogP contribution in [-0.4, -0.2) is 45.5 Å². The Kier molecular flexibility index (Phi) is 5.05. The number of rotatable bonds is 7. The number of thioether (sulfide) groups is 1. The van der Waals surface area contributed by atoms with Crippen LogP contribution in [0.15, 0.2) is 5.16 Å². The van der Waals surface area contributed by atoms with E-state index in [0.717, 1.165) is 6.54 Å². The first-order chi connectivity index (χ1) is 7.24. The van der Waals surface area contributed by atoms with Crippen molar-refractivity contribution in [1.82, 2.24) is 25.5 Å². The molecule has 1 aromatic heterocycles. The minimum atomic E-state index is -0.309. The molecule has 0 atom stereocenters. The van der Waals surface area contributed by atoms with Gasteiger partial charge in [0.25, 0.3) is 0 Å². The third-order valence-electron chi connectivity index (χ3n) is 1.65. The van der Waals surface area contributed by atoms with Crippen molar-refractivity contribution in [2.24, 2.45) is 5.73 Å². The standard InChI is InChI=1S/C7H14N6OS/c1-9-3-4-13-7(10-11-12-13)15-5-2-6(8)14/h9H,2-5H2,1H3,(H2,8,14). The number of amides is 1. The molecule has 0 fully saturated rings. The second-order valence-corrected chi connectivity index (χ2v) is 3.92. The van der Waals surface area contributed by atoms with E-state index in [4.69, 9.17) is 5.73 Å². The lowest BCUT2D eigenvalue weighted by Gasteiger charge is -2.02. The zero-order valence-electron chi connectivity index (χ0n) is 8.51. The predicted molar refractivity (Wildman–Crippen MR) is 56.3 cm³/mol. The number of nitrogens with two attached hydrogens (primary N) is 1. The van der Waals surface area contributed by atoms with E-state index >= 15 is 0 Å². The summed E-state index contributed by atoms with van der Waals surface area (Å²) in [6, 6.07) is 0. The number of carbonyl (C=O) groups excluding carboxylic acids is 1. The van der Waals surface area contributed by atoms with Gasteiger partial charge in [-0.3, -0.25) is 4.79 Å². The first-order valence-electron chi connectivity index (χ1n) is 4.56. The molecule has 1 rings (SSSR count). The number of likely N-dealkylation sites (N-methyl/N-ethyl adjacent to an activating group) is 1. The number of carbonyl (C=O) groups is 1. The van der Waals surface area contributed by atoms with Crippen LogP contribution in [0.5, 0.6) is 0 Å². The highest BCUT2D eigenvalue weighted by molar-refractivity contribution is 7.99. The van der Waals surface area contributed by atoms with Gasteiger partial charge >= 0.3 is 0 Å². The molecule has 1 heterocycles. The van der Waals surface area contributed by atoms with Gasteiger partial charge in [-0.1, -0.05) is 11.8 Å². The molecule has 0 saturated heterocycles. The van der Waals surface area contributed by atoms with Gasteiger partial charge in [-0.05, 0) is 17.5 Å². The molecule has 0 aliphatic carbocycles. The largest absolute Gasteiger partial charge is 0.370 e. The summed E-state index contributed by atoms with van der Waals surface area (Å²) in [6.45, 7) is 1.51. The quantitative estimate of drug-likeness (QED) is 0.574. The average molecular weight is 230 g/mol. The van der Waals surface area contributed by atoms with Crippen LogP contribution in [0.4, 0.5) is 0 Å². The molecule has 0 spiro atoms. The molecule has 3 N–H and O–H groups in total. The molecule has 1 aromatic rings. The van der Waals surface area contributed by atoms with Gasteiger partial charge in [0.15, 0.2) is 0 Å². The van der Waals surface area contributed by atoms with E-state index < -0.39 is 0 Å². The Labute approximate surface area is 91.8 Å². The Morgan fingerprint density at radius 1 is 1.67 bits per heavy atom. The van der Waals surface area contributed by atoms with Crippen molar-refractivity contribution < 1.29 is 4.79 Å². The van der Waals surface area contributed by atoms with E-state index in [1.807, 2.05) is 7.05 Å². The highest BCUT2D eigenvalue weighted by Gasteiger charge is 2.06. The summed E-state index contributed by atoms with van der Waals surface area (Å²) < 4.78 is 1.70. The van der Waals surface area contributed by atoms with Gasteiger partial charge in [0, 0.05) is 18.7 Å². The minimum Gasteiger partial charge on any atom is -0.370 e. The molecule has 84 valence electrons. The summed E-state index contributed by atoms with van der Waals surface area (Å²) in [5.41, 5.74) is 5.03. The molecule has 1 amide bonds. The number of hydrogen-bond acceptors (Lipinski definition) is 6. The number of hydrogen-bond donors (Lipinski definition) is 2. The molecule has 0 aromatic carbocycles. The van der Waals surface area contributed by atoms with Crippen LogP contribution < -0.4 is 11.1 Å². The zero-order chi connectivity index (χ0) is 11.1. The fourth-order valence-electron chi connectivity index (χ4n) is 0.901. The summed E-state index contributed by atoms with van der Waals surface area (Å²) >= 11 is 1.43. The molecule has 7 nitrogen and oxygen atoms in total. The van der Waals surface area contributed by atoms with Gasteiger partial charge in [-0.15, -0.1) is 5.10 Å². The van der Waals surface area contributed by atoms with Gasteiger partial charge < -0.3 is 11.1 Å². The van der Waals surface area contributed by atoms with Gasteiger partial charge in [0.1, 0.15) is 0 Å². The maximum absolute atomic E-state index is 10.5. The van der Waals surface area contributed by atoms with Crippen LogP contribution >= 0.6 is 11.8 Å². The van der Waals surface area contributed by atoms with E-state index in [1.165, 1.54) is 11.8 Å². The highest BCUT2D eigenvalue weighted by atomic mass is 32.2. The van der Waals surface area contributed by atoms with E-state index in [0.29, 0.717) is 23.9 Å². The van der Waals surface area contributed by atoms with Crippen LogP contribution in [0.1, 0.15) is 6.42 Å². The lowest BCUT2D eigenvalue weighted by Crippen LogP contribution is -2.16. The van der Waals surface area contributed by atoms with E-state index in [-0.39, 0.29) is 5.91 Å². The summed E-state index contributed by atoms with van der Waals surface area (Å²) in [5, 5.41) is 15.0. The highest BCUT2D eigenvalue weighted by Crippen LogP contribution is 2.13. The zero-order valence-corrected chi connectivity index (χ0v) is 9.33. The van der Waals surface area contributed by atoms with Crippen LogP contribution in [0.25, 0.3) is 0 Å². The Bertz CT molecular complexity index is 314. The predicted octanol–water partition coefficient (Wildman–Crippen LogP) is -1.14. The van der Waals surface area contributed by atoms with E-state index in [2.05, 4.69) is 20.8 Å². The molecular formula is C7H14N6OS. The maximum atomic E-state index is 10.5. The van der Waals surface area contributed by atoms with Crippen molar-refractivity contribution in [3.05, 3.63) is 0 Å². The van der Waals surface area contributed by atoms with Crippen molar-refractivity contribution in [3.8, 4) is 0 Å². The number of tetrazole rings is 1. The van der Waals surface area contributed by atoms with E-state index in [1.54, 1.807) is 4.68 Å². The van der Waals surface area contributed by atoms with Gasteiger partial charge in [0.05, 0.1) is 6.54 Å². The van der Waals surface area contributed by atoms with Crippen molar-refractivity contribution in [2.75, 3.05) is 19.3 Å². The number of nitrogens with zero attached hydrogens (tertiary/aromatic N) is 4. The first-order valence-corrected chi connectivity index (χ1v) is 5.54. The van der Waals surface area contributed by atoms with Crippen molar-refractivity contribution in [3.63, 3.8) is 0 Å². The van der Waals surface area contributed by atoms with Crippen molar-refractivity contribution in [2.45, 2.75) is 18.1 Å². The lowest BCUT2D eigenvalue weighted by atomic mass is 10.5. The third-order valence-corrected chi connectivity index (χ3v) is 2.61. The van der Waals surface area contributed by atoms with Crippen LogP contribution in [0.2, 0.25) is 0 Å². The monoisotopic (exact) mass is 230 g/mol. The molecule has 0 bridgehead atoms. The second-order valence-electron chi connectivity index (χ2n) is 2.85. The number of nitrogens with one attached hydrogen (secondary N) is 1. The molecule has 0 aliphatic rings. The van der Waals surface area contributed by atoms with Gasteiger partial charge in [-0.2, -0.15) is 0 Å². The fourth-order valence-corrected chi connectivity index (χ4v) is 1.76. The smallest absolute Gasteiger partial charge is 0.218 e. The SMILES string of the molecule is CNCCn1nnnc1SCCC(N)=O. The molecule has 0 unspecified atom stereocenters. The number of primary amides is 1. The number of aromatic nitrogens is 4. The van der Waals surface area contributed by atoms with Gasteiger partial charge in [0.2, 0.25) is 11.1 Å². The third kappa shape index (κ3) is 4.26. The topological polar surface area (TPSA) is 98.7 Å². The van der Waals surface area contributed by atoms with Crippen LogP contribution in [0.3, 0.4) is 0 Å². The first kappa shape index (κ1) is 11.9. The summed E-state index contributed by atoms with van der Waals surface area (Å²) in [5.74, 6) is 0.298. The second kappa shape index (κ2) is 6.36. The van der Waals surface area contributed by atoms with Crippen molar-refractivity contribution in [1.29, 1.82) is 0 Å². The van der Waals surface area contributed by atoms with Gasteiger partial charge in [-0.25, -0.2) is 4.68 Å². The van der Waals surface area contributed by atoms with Crippen molar-refractivity contribution >= 4 is 17.7 Å². The molecule has 0 aliphatic heterocycles. The Morgan fingerprint density at radius 3 is 3.13 bits per heavy atom. The Morgan fingerprint density at radius 2 is 2.47 bits per heavy atom. The molecular weight excluding hydrogens is 216 g/mol. The summed E-state index contributed by atoms with van der Waals surface area (Å²) in [7, 11) is 1.87. The minimum absolute atomic E-state index is 0.309. The summed E-state index contributed by atoms with van der Waals surface area (Å²) in [6.07, 6.45) is 0.337. The Hall–Kier alpha value is -1.15. The van der Waals surface area contributed by atoms with Crippen LogP contribution in [-0.2, 0) is 11.3 Å². The molecule has 0 saturated carbocycles. The molecule has 0 radical (unpaired) electrons. The average Bonchev–Trinajstić information content (AvgIpc) is 2.62. The molecule has 15 heavy (non-hydrogen) atoms. The van der Waals surface area contributed by atoms with E-state index in [9.17, 15) is 4.79 Å². The maximum Gasteiger partial charge on any atom is 0.218 e. The normalized spacial score (nSPS) is 10.5. The van der Waals surface area contributed by atoms with Crippen LogP contribution in [0, 0.1) is 0 Å².